The second-order valence-electron chi connectivity index (χ2n) is 5.53. The van der Waals surface area contributed by atoms with Gasteiger partial charge in [0.25, 0.3) is 0 Å². The summed E-state index contributed by atoms with van der Waals surface area (Å²) in [5.41, 5.74) is 0.985. The van der Waals surface area contributed by atoms with Crippen molar-refractivity contribution in [2.75, 3.05) is 26.8 Å². The van der Waals surface area contributed by atoms with E-state index in [0.29, 0.717) is 34.7 Å². The van der Waals surface area contributed by atoms with E-state index >= 15 is 0 Å². The molecule has 0 amide bonds. The van der Waals surface area contributed by atoms with Gasteiger partial charge >= 0.3 is 0 Å². The quantitative estimate of drug-likeness (QED) is 0.763. The van der Waals surface area contributed by atoms with Crippen LogP contribution in [0.5, 0.6) is 17.2 Å². The van der Waals surface area contributed by atoms with Crippen molar-refractivity contribution in [3.8, 4) is 17.2 Å². The highest BCUT2D eigenvalue weighted by Gasteiger charge is 2.19. The molecule has 25 heavy (non-hydrogen) atoms. The minimum absolute atomic E-state index is 0. The Kier molecular flexibility index (Phi) is 7.50. The van der Waals surface area contributed by atoms with Gasteiger partial charge in [-0.3, -0.25) is 0 Å². The molecule has 0 spiro atoms. The molecule has 1 aliphatic heterocycles. The number of para-hydroxylation sites is 1. The Labute approximate surface area is 161 Å². The molecule has 7 heteroatoms. The molecular weight excluding hydrogens is 413 g/mol. The number of rotatable bonds is 5. The van der Waals surface area contributed by atoms with Crippen molar-refractivity contribution in [3.05, 3.63) is 52.3 Å². The van der Waals surface area contributed by atoms with Crippen LogP contribution in [0, 0.1) is 5.82 Å². The summed E-state index contributed by atoms with van der Waals surface area (Å²) < 4.78 is 31.1. The molecule has 136 valence electrons. The van der Waals surface area contributed by atoms with Gasteiger partial charge in [-0.05, 0) is 40.2 Å². The predicted molar refractivity (Wildman–Crippen MR) is 101 cm³/mol. The molecule has 1 fully saturated rings. The Morgan fingerprint density at radius 2 is 2.12 bits per heavy atom. The van der Waals surface area contributed by atoms with E-state index in [0.717, 1.165) is 18.7 Å². The number of nitrogens with one attached hydrogen (secondary N) is 1. The summed E-state index contributed by atoms with van der Waals surface area (Å²) in [5, 5.41) is 3.32. The zero-order valence-corrected chi connectivity index (χ0v) is 16.2. The fourth-order valence-corrected chi connectivity index (χ4v) is 3.09. The first-order chi connectivity index (χ1) is 11.7. The molecular formula is C18H20BrClFNO3. The zero-order valence-electron chi connectivity index (χ0n) is 13.8. The van der Waals surface area contributed by atoms with Crippen molar-refractivity contribution < 1.29 is 18.6 Å². The fourth-order valence-electron chi connectivity index (χ4n) is 2.66. The van der Waals surface area contributed by atoms with E-state index in [-0.39, 0.29) is 24.3 Å². The molecule has 0 saturated carbocycles. The summed E-state index contributed by atoms with van der Waals surface area (Å²) in [5.74, 6) is 1.47. The van der Waals surface area contributed by atoms with Gasteiger partial charge in [-0.2, -0.15) is 0 Å². The molecule has 1 aliphatic rings. The number of halogens is 3. The van der Waals surface area contributed by atoms with E-state index < -0.39 is 0 Å². The molecule has 3 rings (SSSR count). The summed E-state index contributed by atoms with van der Waals surface area (Å²) in [4.78, 5) is 0. The predicted octanol–water partition coefficient (Wildman–Crippen LogP) is 4.34. The van der Waals surface area contributed by atoms with Crippen molar-refractivity contribution in [2.24, 2.45) is 0 Å². The summed E-state index contributed by atoms with van der Waals surface area (Å²) in [6, 6.07) is 10.1. The van der Waals surface area contributed by atoms with E-state index in [4.69, 9.17) is 14.2 Å². The third-order valence-electron chi connectivity index (χ3n) is 3.84. The molecule has 0 aromatic heterocycles. The molecule has 0 radical (unpaired) electrons. The van der Waals surface area contributed by atoms with Crippen LogP contribution < -0.4 is 14.8 Å². The topological polar surface area (TPSA) is 39.7 Å². The first kappa shape index (κ1) is 20.0. The van der Waals surface area contributed by atoms with Gasteiger partial charge < -0.3 is 19.5 Å². The summed E-state index contributed by atoms with van der Waals surface area (Å²) >= 11 is 3.33. The lowest BCUT2D eigenvalue weighted by atomic mass is 10.1. The van der Waals surface area contributed by atoms with E-state index in [2.05, 4.69) is 21.2 Å². The Hall–Kier alpha value is -1.34. The van der Waals surface area contributed by atoms with Gasteiger partial charge in [-0.25, -0.2) is 4.39 Å². The van der Waals surface area contributed by atoms with Gasteiger partial charge in [0, 0.05) is 25.1 Å². The van der Waals surface area contributed by atoms with E-state index in [1.807, 2.05) is 18.2 Å². The van der Waals surface area contributed by atoms with Crippen molar-refractivity contribution >= 4 is 28.3 Å². The Bertz CT molecular complexity index is 711. The summed E-state index contributed by atoms with van der Waals surface area (Å²) in [6.07, 6.45) is 0.795. The second-order valence-corrected chi connectivity index (χ2v) is 6.38. The molecule has 1 N–H and O–H groups in total. The van der Waals surface area contributed by atoms with Crippen LogP contribution in [-0.4, -0.2) is 32.9 Å². The van der Waals surface area contributed by atoms with Crippen LogP contribution in [0.15, 0.2) is 40.9 Å². The summed E-state index contributed by atoms with van der Waals surface area (Å²) in [6.45, 7) is 2.38. The Balaban J connectivity index is 0.00000225. The van der Waals surface area contributed by atoms with Crippen LogP contribution in [0.25, 0.3) is 0 Å². The number of methoxy groups -OCH3 is 1. The lowest BCUT2D eigenvalue weighted by Gasteiger charge is -2.25. The minimum atomic E-state index is -0.323. The van der Waals surface area contributed by atoms with Gasteiger partial charge in [0.05, 0.1) is 24.3 Å². The van der Waals surface area contributed by atoms with Crippen LogP contribution in [0.4, 0.5) is 4.39 Å². The Morgan fingerprint density at radius 3 is 2.80 bits per heavy atom. The number of ether oxygens (including phenoxy) is 3. The van der Waals surface area contributed by atoms with Gasteiger partial charge in [0.1, 0.15) is 11.6 Å². The van der Waals surface area contributed by atoms with Crippen molar-refractivity contribution in [1.29, 1.82) is 0 Å². The van der Waals surface area contributed by atoms with Crippen molar-refractivity contribution in [2.45, 2.75) is 12.5 Å². The molecule has 4 nitrogen and oxygen atoms in total. The fraction of sp³-hybridized carbons (Fsp3) is 0.333. The normalized spacial score (nSPS) is 16.8. The lowest BCUT2D eigenvalue weighted by Crippen LogP contribution is -2.39. The minimum Gasteiger partial charge on any atom is -0.493 e. The maximum Gasteiger partial charge on any atom is 0.172 e. The van der Waals surface area contributed by atoms with Gasteiger partial charge in [-0.15, -0.1) is 12.4 Å². The van der Waals surface area contributed by atoms with Gasteiger partial charge in [0.2, 0.25) is 0 Å². The van der Waals surface area contributed by atoms with E-state index in [9.17, 15) is 4.39 Å². The van der Waals surface area contributed by atoms with Gasteiger partial charge in [0.15, 0.2) is 11.5 Å². The third-order valence-corrected chi connectivity index (χ3v) is 4.46. The molecule has 0 aliphatic carbocycles. The highest BCUT2D eigenvalue weighted by Crippen LogP contribution is 2.38. The summed E-state index contributed by atoms with van der Waals surface area (Å²) in [7, 11) is 1.60. The maximum absolute atomic E-state index is 13.3. The SMILES string of the molecule is COc1cccc(C[C@H]2CNCCO2)c1Oc1ccc(F)cc1Br.Cl. The number of morpholine rings is 1. The number of benzene rings is 2. The molecule has 2 aromatic rings. The molecule has 1 heterocycles. The first-order valence-corrected chi connectivity index (χ1v) is 8.58. The molecule has 0 unspecified atom stereocenters. The standard InChI is InChI=1S/C18H19BrFNO3.ClH/c1-22-17-4-2-3-12(9-14-11-21-7-8-23-14)18(17)24-16-6-5-13(20)10-15(16)19;/h2-6,10,14,21H,7-9,11H2,1H3;1H/t14-;/m0./s1. The monoisotopic (exact) mass is 431 g/mol. The first-order valence-electron chi connectivity index (χ1n) is 7.78. The zero-order chi connectivity index (χ0) is 16.9. The highest BCUT2D eigenvalue weighted by atomic mass is 79.9. The third kappa shape index (κ3) is 5.07. The van der Waals surface area contributed by atoms with Crippen molar-refractivity contribution in [3.63, 3.8) is 0 Å². The Morgan fingerprint density at radius 1 is 1.28 bits per heavy atom. The largest absolute Gasteiger partial charge is 0.493 e. The number of hydrogen-bond acceptors (Lipinski definition) is 4. The number of hydrogen-bond donors (Lipinski definition) is 1. The van der Waals surface area contributed by atoms with Crippen LogP contribution in [0.1, 0.15) is 5.56 Å². The average molecular weight is 433 g/mol. The molecule has 1 saturated heterocycles. The molecule has 1 atom stereocenters. The second kappa shape index (κ2) is 9.38. The lowest BCUT2D eigenvalue weighted by molar-refractivity contribution is 0.0289. The molecule has 2 aromatic carbocycles. The highest BCUT2D eigenvalue weighted by molar-refractivity contribution is 9.10. The van der Waals surface area contributed by atoms with E-state index in [1.54, 1.807) is 13.2 Å². The van der Waals surface area contributed by atoms with E-state index in [1.165, 1.54) is 12.1 Å². The molecule has 0 bridgehead atoms. The smallest absolute Gasteiger partial charge is 0.172 e. The average Bonchev–Trinajstić information content (AvgIpc) is 2.59. The maximum atomic E-state index is 13.3. The van der Waals surface area contributed by atoms with Crippen LogP contribution in [0.3, 0.4) is 0 Å². The van der Waals surface area contributed by atoms with Crippen LogP contribution >= 0.6 is 28.3 Å². The van der Waals surface area contributed by atoms with Crippen LogP contribution in [0.2, 0.25) is 0 Å². The van der Waals surface area contributed by atoms with Crippen molar-refractivity contribution in [1.82, 2.24) is 5.32 Å². The van der Waals surface area contributed by atoms with Gasteiger partial charge in [-0.1, -0.05) is 12.1 Å². The van der Waals surface area contributed by atoms with Crippen LogP contribution in [-0.2, 0) is 11.2 Å².